The lowest BCUT2D eigenvalue weighted by atomic mass is 9.82. The van der Waals surface area contributed by atoms with Crippen molar-refractivity contribution in [3.05, 3.63) is 48.2 Å². The first-order valence-electron chi connectivity index (χ1n) is 10.3. The summed E-state index contributed by atoms with van der Waals surface area (Å²) >= 11 is 0. The van der Waals surface area contributed by atoms with E-state index in [-0.39, 0.29) is 11.9 Å². The Bertz CT molecular complexity index is 1050. The molecule has 0 radical (unpaired) electrons. The van der Waals surface area contributed by atoms with Crippen LogP contribution < -0.4 is 5.32 Å². The maximum Gasteiger partial charge on any atom is 0.272 e. The van der Waals surface area contributed by atoms with Crippen molar-refractivity contribution in [2.45, 2.75) is 56.5 Å². The van der Waals surface area contributed by atoms with Crippen molar-refractivity contribution in [1.29, 1.82) is 5.26 Å². The van der Waals surface area contributed by atoms with Crippen LogP contribution in [0.3, 0.4) is 0 Å². The topological polar surface area (TPSA) is 101 Å². The van der Waals surface area contributed by atoms with Gasteiger partial charge in [-0.3, -0.25) is 4.79 Å². The van der Waals surface area contributed by atoms with Gasteiger partial charge in [0, 0.05) is 12.4 Å². The molecule has 3 aromatic heterocycles. The predicted molar refractivity (Wildman–Crippen MR) is 105 cm³/mol. The van der Waals surface area contributed by atoms with Gasteiger partial charge < -0.3 is 9.72 Å². The highest BCUT2D eigenvalue weighted by Crippen LogP contribution is 2.42. The Morgan fingerprint density at radius 1 is 1.24 bits per heavy atom. The Morgan fingerprint density at radius 2 is 2.07 bits per heavy atom. The van der Waals surface area contributed by atoms with Gasteiger partial charge in [0.1, 0.15) is 17.0 Å². The molecule has 2 aliphatic rings. The van der Waals surface area contributed by atoms with Gasteiger partial charge in [-0.2, -0.15) is 5.26 Å². The number of hydrogen-bond acceptors (Lipinski definition) is 5. The normalized spacial score (nSPS) is 19.6. The number of carbonyl (C=O) groups excluding carboxylic acids is 1. The number of imidazole rings is 1. The number of rotatable bonds is 5. The largest absolute Gasteiger partial charge is 0.342 e. The summed E-state index contributed by atoms with van der Waals surface area (Å²) in [5.74, 6) is 0.104. The van der Waals surface area contributed by atoms with Crippen molar-refractivity contribution in [2.75, 3.05) is 0 Å². The first kappa shape index (κ1) is 17.9. The molecule has 0 aliphatic heterocycles. The first-order chi connectivity index (χ1) is 14.2. The maximum absolute atomic E-state index is 13.0. The van der Waals surface area contributed by atoms with Crippen LogP contribution in [0, 0.1) is 17.2 Å². The van der Waals surface area contributed by atoms with Gasteiger partial charge >= 0.3 is 0 Å². The van der Waals surface area contributed by atoms with Crippen molar-refractivity contribution >= 4 is 11.6 Å². The quantitative estimate of drug-likeness (QED) is 0.723. The molecule has 0 aromatic carbocycles. The molecule has 2 saturated carbocycles. The third-order valence-corrected chi connectivity index (χ3v) is 6.20. The van der Waals surface area contributed by atoms with Gasteiger partial charge in [0.25, 0.3) is 5.91 Å². The minimum atomic E-state index is -0.548. The number of amides is 1. The molecule has 1 unspecified atom stereocenters. The zero-order valence-corrected chi connectivity index (χ0v) is 16.2. The Kier molecular flexibility index (Phi) is 4.31. The van der Waals surface area contributed by atoms with Gasteiger partial charge in [0.05, 0.1) is 18.3 Å². The number of hydrogen-bond donors (Lipinski definition) is 1. The van der Waals surface area contributed by atoms with Crippen LogP contribution in [-0.4, -0.2) is 30.3 Å². The van der Waals surface area contributed by atoms with E-state index >= 15 is 0 Å². The molecule has 5 rings (SSSR count). The van der Waals surface area contributed by atoms with Gasteiger partial charge in [-0.1, -0.05) is 30.5 Å². The molecule has 3 aromatic rings. The first-order valence-corrected chi connectivity index (χ1v) is 10.3. The van der Waals surface area contributed by atoms with E-state index in [9.17, 15) is 10.1 Å². The molecule has 2 aliphatic carbocycles. The lowest BCUT2D eigenvalue weighted by Crippen LogP contribution is -2.35. The molecule has 29 heavy (non-hydrogen) atoms. The van der Waals surface area contributed by atoms with Gasteiger partial charge in [-0.15, -0.1) is 5.10 Å². The molecule has 1 N–H and O–H groups in total. The number of pyridine rings is 1. The fourth-order valence-electron chi connectivity index (χ4n) is 4.30. The van der Waals surface area contributed by atoms with Crippen LogP contribution in [0.15, 0.2) is 36.8 Å². The van der Waals surface area contributed by atoms with E-state index in [0.717, 1.165) is 49.9 Å². The molecule has 0 saturated heterocycles. The average molecular weight is 389 g/mol. The third-order valence-electron chi connectivity index (χ3n) is 6.20. The highest BCUT2D eigenvalue weighted by atomic mass is 16.2. The fourth-order valence-corrected chi connectivity index (χ4v) is 4.30. The van der Waals surface area contributed by atoms with E-state index in [2.05, 4.69) is 26.7 Å². The van der Waals surface area contributed by atoms with Crippen molar-refractivity contribution in [1.82, 2.24) is 29.7 Å². The lowest BCUT2D eigenvalue weighted by Gasteiger charge is -2.29. The van der Waals surface area contributed by atoms with Gasteiger partial charge in [-0.25, -0.2) is 9.67 Å². The Morgan fingerprint density at radius 3 is 2.79 bits per heavy atom. The smallest absolute Gasteiger partial charge is 0.272 e. The monoisotopic (exact) mass is 389 g/mol. The Hall–Kier alpha value is -3.21. The predicted octanol–water partition coefficient (Wildman–Crippen LogP) is 2.99. The molecule has 0 spiro atoms. The molecular weight excluding hydrogens is 366 g/mol. The van der Waals surface area contributed by atoms with Crippen LogP contribution in [0.25, 0.3) is 5.65 Å². The molecule has 1 atom stereocenters. The second-order valence-electron chi connectivity index (χ2n) is 8.17. The van der Waals surface area contributed by atoms with Gasteiger partial charge in [0.2, 0.25) is 0 Å². The minimum Gasteiger partial charge on any atom is -0.342 e. The van der Waals surface area contributed by atoms with Crippen LogP contribution in [-0.2, 0) is 5.54 Å². The maximum atomic E-state index is 13.0. The minimum absolute atomic E-state index is 0.208. The molecular formula is C21H23N7O. The second-order valence-corrected chi connectivity index (χ2v) is 8.17. The highest BCUT2D eigenvalue weighted by Gasteiger charge is 2.47. The summed E-state index contributed by atoms with van der Waals surface area (Å²) in [5.41, 5.74) is 1.31. The summed E-state index contributed by atoms with van der Waals surface area (Å²) in [5, 5.41) is 21.2. The Balaban J connectivity index is 1.43. The molecule has 3 heterocycles. The van der Waals surface area contributed by atoms with Crippen LogP contribution in [0.4, 0.5) is 0 Å². The zero-order valence-electron chi connectivity index (χ0n) is 16.2. The zero-order chi connectivity index (χ0) is 19.8. The van der Waals surface area contributed by atoms with Gasteiger partial charge in [-0.05, 0) is 43.7 Å². The van der Waals surface area contributed by atoms with E-state index in [1.54, 1.807) is 10.9 Å². The molecule has 0 bridgehead atoms. The lowest BCUT2D eigenvalue weighted by molar-refractivity contribution is 0.0906. The van der Waals surface area contributed by atoms with Crippen LogP contribution in [0.5, 0.6) is 0 Å². The summed E-state index contributed by atoms with van der Waals surface area (Å²) in [4.78, 5) is 17.5. The molecule has 1 amide bonds. The van der Waals surface area contributed by atoms with Crippen molar-refractivity contribution in [2.24, 2.45) is 5.92 Å². The van der Waals surface area contributed by atoms with E-state index in [1.165, 1.54) is 6.42 Å². The van der Waals surface area contributed by atoms with E-state index in [1.807, 2.05) is 35.0 Å². The van der Waals surface area contributed by atoms with E-state index in [0.29, 0.717) is 11.6 Å². The summed E-state index contributed by atoms with van der Waals surface area (Å²) in [7, 11) is 0. The van der Waals surface area contributed by atoms with Crippen LogP contribution in [0.1, 0.15) is 67.2 Å². The van der Waals surface area contributed by atoms with Gasteiger partial charge in [0.15, 0.2) is 5.54 Å². The number of fused-ring (bicyclic) bond motifs is 1. The number of nitrogens with one attached hydrogen (secondary N) is 1. The summed E-state index contributed by atoms with van der Waals surface area (Å²) < 4.78 is 3.51. The van der Waals surface area contributed by atoms with Crippen molar-refractivity contribution in [3.63, 3.8) is 0 Å². The fraction of sp³-hybridized carbons (Fsp3) is 0.476. The molecule has 8 nitrogen and oxygen atoms in total. The van der Waals surface area contributed by atoms with Crippen LogP contribution >= 0.6 is 0 Å². The summed E-state index contributed by atoms with van der Waals surface area (Å²) in [6.07, 6.45) is 12.7. The van der Waals surface area contributed by atoms with Crippen molar-refractivity contribution < 1.29 is 4.79 Å². The SMILES string of the molecule is N#CC1(n2cc(C(NC(=O)c3cn4ccccc4n3)C3CCCCC3)nn2)CC1. The standard InChI is InChI=1S/C21H23N7O/c22-14-21(9-10-21)28-13-16(25-26-28)19(15-6-2-1-3-7-15)24-20(29)17-12-27-11-5-4-8-18(27)23-17/h4-5,8,11-13,15,19H,1-3,6-7,9-10H2,(H,24,29). The highest BCUT2D eigenvalue weighted by molar-refractivity contribution is 5.93. The number of nitriles is 1. The van der Waals surface area contributed by atoms with E-state index < -0.39 is 5.54 Å². The molecule has 2 fully saturated rings. The summed E-state index contributed by atoms with van der Waals surface area (Å²) in [6.45, 7) is 0. The van der Waals surface area contributed by atoms with Crippen molar-refractivity contribution in [3.8, 4) is 6.07 Å². The van der Waals surface area contributed by atoms with E-state index in [4.69, 9.17) is 0 Å². The number of aromatic nitrogens is 5. The molecule has 148 valence electrons. The molecule has 8 heteroatoms. The third kappa shape index (κ3) is 3.27. The van der Waals surface area contributed by atoms with Crippen LogP contribution in [0.2, 0.25) is 0 Å². The average Bonchev–Trinajstić information content (AvgIpc) is 3.20. The summed E-state index contributed by atoms with van der Waals surface area (Å²) in [6, 6.07) is 7.79. The Labute approximate surface area is 168 Å². The number of nitrogens with zero attached hydrogens (tertiary/aromatic N) is 6. The second kappa shape index (κ2) is 6.99. The number of carbonyl (C=O) groups is 1.